The third-order valence-corrected chi connectivity index (χ3v) is 3.40. The number of carbonyl (C=O) groups excluding carboxylic acids is 1. The minimum absolute atomic E-state index is 0.000282. The number of anilines is 1. The summed E-state index contributed by atoms with van der Waals surface area (Å²) in [5.74, 6) is 0.545. The molecule has 2 rings (SSSR count). The summed E-state index contributed by atoms with van der Waals surface area (Å²) in [5, 5.41) is 8.05. The van der Waals surface area contributed by atoms with Gasteiger partial charge in [0.05, 0.1) is 5.75 Å². The van der Waals surface area contributed by atoms with Gasteiger partial charge in [0.2, 0.25) is 11.1 Å². The molecule has 0 aliphatic heterocycles. The molecule has 12 heteroatoms. The van der Waals surface area contributed by atoms with Crippen molar-refractivity contribution in [3.05, 3.63) is 35.7 Å². The molecule has 2 aromatic rings. The van der Waals surface area contributed by atoms with Gasteiger partial charge in [-0.25, -0.2) is 13.5 Å². The highest BCUT2D eigenvalue weighted by atomic mass is 32.2. The van der Waals surface area contributed by atoms with Crippen LogP contribution in [-0.2, 0) is 11.0 Å². The maximum absolute atomic E-state index is 13.0. The summed E-state index contributed by atoms with van der Waals surface area (Å²) < 4.78 is 63.3. The standard InChI is InChI=1S/C11H8F5N5OS/c12-6-2-1-5(3-7(6)13)18-8(22)4-23-10-20-19-9(21(10)17)11(14,15)16/h1-3H,4,17H2,(H,18,22). The zero-order valence-corrected chi connectivity index (χ0v) is 11.9. The summed E-state index contributed by atoms with van der Waals surface area (Å²) in [6.07, 6.45) is -4.77. The number of carbonyl (C=O) groups is 1. The number of rotatable bonds is 4. The van der Waals surface area contributed by atoms with Crippen LogP contribution in [0.1, 0.15) is 5.82 Å². The molecular formula is C11H8F5N5OS. The summed E-state index contributed by atoms with van der Waals surface area (Å²) in [7, 11) is 0. The molecule has 0 saturated carbocycles. The van der Waals surface area contributed by atoms with Crippen LogP contribution in [0.3, 0.4) is 0 Å². The average Bonchev–Trinajstić information content (AvgIpc) is 2.82. The van der Waals surface area contributed by atoms with Gasteiger partial charge in [0.25, 0.3) is 5.82 Å². The molecule has 1 aromatic heterocycles. The number of nitrogens with one attached hydrogen (secondary N) is 1. The van der Waals surface area contributed by atoms with E-state index in [1.54, 1.807) is 0 Å². The van der Waals surface area contributed by atoms with Gasteiger partial charge in [-0.3, -0.25) is 4.79 Å². The molecule has 0 bridgehead atoms. The second kappa shape index (κ2) is 6.40. The van der Waals surface area contributed by atoms with E-state index in [0.29, 0.717) is 11.8 Å². The van der Waals surface area contributed by atoms with E-state index in [1.165, 1.54) is 0 Å². The Morgan fingerprint density at radius 1 is 1.26 bits per heavy atom. The van der Waals surface area contributed by atoms with Crippen LogP contribution in [0.15, 0.2) is 23.4 Å². The topological polar surface area (TPSA) is 85.8 Å². The van der Waals surface area contributed by atoms with Gasteiger partial charge in [0.1, 0.15) is 0 Å². The molecule has 0 aliphatic carbocycles. The van der Waals surface area contributed by atoms with Crippen LogP contribution in [-0.4, -0.2) is 26.5 Å². The van der Waals surface area contributed by atoms with Crippen molar-refractivity contribution in [3.8, 4) is 0 Å². The predicted molar refractivity (Wildman–Crippen MR) is 70.9 cm³/mol. The largest absolute Gasteiger partial charge is 0.453 e. The van der Waals surface area contributed by atoms with E-state index in [1.807, 2.05) is 0 Å². The Morgan fingerprint density at radius 3 is 2.52 bits per heavy atom. The van der Waals surface area contributed by atoms with Crippen molar-refractivity contribution in [1.29, 1.82) is 0 Å². The molecular weight excluding hydrogens is 345 g/mol. The Kier molecular flexibility index (Phi) is 4.73. The van der Waals surface area contributed by atoms with Gasteiger partial charge in [-0.15, -0.1) is 10.2 Å². The molecule has 0 fully saturated rings. The first-order valence-corrected chi connectivity index (χ1v) is 6.82. The fourth-order valence-corrected chi connectivity index (χ4v) is 2.13. The van der Waals surface area contributed by atoms with Crippen LogP contribution in [0.5, 0.6) is 0 Å². The number of benzene rings is 1. The Labute approximate surface area is 129 Å². The number of halogens is 5. The van der Waals surface area contributed by atoms with Gasteiger partial charge in [-0.2, -0.15) is 13.2 Å². The van der Waals surface area contributed by atoms with Crippen LogP contribution in [0.2, 0.25) is 0 Å². The Balaban J connectivity index is 1.97. The fourth-order valence-electron chi connectivity index (χ4n) is 1.47. The zero-order valence-electron chi connectivity index (χ0n) is 11.1. The highest BCUT2D eigenvalue weighted by Gasteiger charge is 2.38. The molecule has 0 unspecified atom stereocenters. The Bertz CT molecular complexity index is 732. The van der Waals surface area contributed by atoms with Gasteiger partial charge >= 0.3 is 6.18 Å². The highest BCUT2D eigenvalue weighted by molar-refractivity contribution is 7.99. The van der Waals surface area contributed by atoms with E-state index in [4.69, 9.17) is 5.84 Å². The van der Waals surface area contributed by atoms with Gasteiger partial charge in [0, 0.05) is 11.8 Å². The third kappa shape index (κ3) is 4.09. The van der Waals surface area contributed by atoms with Crippen LogP contribution >= 0.6 is 11.8 Å². The summed E-state index contributed by atoms with van der Waals surface area (Å²) in [5.41, 5.74) is -0.000282. The number of hydrogen-bond donors (Lipinski definition) is 2. The van der Waals surface area contributed by atoms with Gasteiger partial charge in [-0.05, 0) is 12.1 Å². The van der Waals surface area contributed by atoms with Crippen LogP contribution in [0, 0.1) is 11.6 Å². The van der Waals surface area contributed by atoms with Gasteiger partial charge in [-0.1, -0.05) is 11.8 Å². The first-order chi connectivity index (χ1) is 10.7. The van der Waals surface area contributed by atoms with E-state index in [-0.39, 0.29) is 21.3 Å². The second-order valence-electron chi connectivity index (χ2n) is 4.14. The first-order valence-electron chi connectivity index (χ1n) is 5.84. The molecule has 0 radical (unpaired) electrons. The third-order valence-electron chi connectivity index (χ3n) is 2.45. The van der Waals surface area contributed by atoms with Crippen LogP contribution in [0.4, 0.5) is 27.6 Å². The van der Waals surface area contributed by atoms with Crippen molar-refractivity contribution in [2.24, 2.45) is 0 Å². The molecule has 1 heterocycles. The lowest BCUT2D eigenvalue weighted by molar-refractivity contribution is -0.146. The monoisotopic (exact) mass is 353 g/mol. The van der Waals surface area contributed by atoms with Crippen molar-refractivity contribution < 1.29 is 26.7 Å². The number of hydrogen-bond acceptors (Lipinski definition) is 5. The van der Waals surface area contributed by atoms with Gasteiger partial charge < -0.3 is 11.2 Å². The zero-order chi connectivity index (χ0) is 17.2. The number of nitrogen functional groups attached to an aromatic ring is 1. The van der Waals surface area contributed by atoms with Crippen molar-refractivity contribution in [2.45, 2.75) is 11.3 Å². The molecule has 0 atom stereocenters. The lowest BCUT2D eigenvalue weighted by atomic mass is 10.3. The van der Waals surface area contributed by atoms with E-state index < -0.39 is 29.5 Å². The number of nitrogens with zero attached hydrogens (tertiary/aromatic N) is 3. The van der Waals surface area contributed by atoms with Crippen molar-refractivity contribution in [2.75, 3.05) is 16.9 Å². The van der Waals surface area contributed by atoms with Crippen molar-refractivity contribution in [1.82, 2.24) is 14.9 Å². The van der Waals surface area contributed by atoms with Gasteiger partial charge in [0.15, 0.2) is 11.6 Å². The first kappa shape index (κ1) is 17.0. The summed E-state index contributed by atoms with van der Waals surface area (Å²) >= 11 is 0.603. The summed E-state index contributed by atoms with van der Waals surface area (Å²) in [4.78, 5) is 11.6. The van der Waals surface area contributed by atoms with Crippen molar-refractivity contribution >= 4 is 23.4 Å². The predicted octanol–water partition coefficient (Wildman–Crippen LogP) is 2.02. The molecule has 23 heavy (non-hydrogen) atoms. The lowest BCUT2D eigenvalue weighted by Crippen LogP contribution is -2.22. The fraction of sp³-hybridized carbons (Fsp3) is 0.182. The SMILES string of the molecule is Nn1c(SCC(=O)Nc2ccc(F)c(F)c2)nnc1C(F)(F)F. The van der Waals surface area contributed by atoms with E-state index in [9.17, 15) is 26.7 Å². The number of aromatic nitrogens is 3. The van der Waals surface area contributed by atoms with Crippen LogP contribution < -0.4 is 11.2 Å². The van der Waals surface area contributed by atoms with E-state index in [2.05, 4.69) is 15.5 Å². The number of amides is 1. The Hall–Kier alpha value is -2.37. The molecule has 3 N–H and O–H groups in total. The summed E-state index contributed by atoms with van der Waals surface area (Å²) in [6, 6.07) is 2.73. The second-order valence-corrected chi connectivity index (χ2v) is 5.08. The summed E-state index contributed by atoms with van der Waals surface area (Å²) in [6.45, 7) is 0. The van der Waals surface area contributed by atoms with E-state index in [0.717, 1.165) is 18.2 Å². The highest BCUT2D eigenvalue weighted by Crippen LogP contribution is 2.28. The smallest absolute Gasteiger partial charge is 0.335 e. The maximum atomic E-state index is 13.0. The average molecular weight is 353 g/mol. The normalized spacial score (nSPS) is 11.5. The van der Waals surface area contributed by atoms with Crippen molar-refractivity contribution in [3.63, 3.8) is 0 Å². The minimum atomic E-state index is -4.77. The molecule has 0 aliphatic rings. The maximum Gasteiger partial charge on any atom is 0.453 e. The quantitative estimate of drug-likeness (QED) is 0.499. The molecule has 1 amide bonds. The number of nitrogens with two attached hydrogens (primary N) is 1. The van der Waals surface area contributed by atoms with E-state index >= 15 is 0 Å². The molecule has 124 valence electrons. The number of thioether (sulfide) groups is 1. The Morgan fingerprint density at radius 2 is 1.96 bits per heavy atom. The molecule has 1 aromatic carbocycles. The number of alkyl halides is 3. The molecule has 6 nitrogen and oxygen atoms in total. The minimum Gasteiger partial charge on any atom is -0.335 e. The molecule has 0 saturated heterocycles. The lowest BCUT2D eigenvalue weighted by Gasteiger charge is -2.07. The molecule has 0 spiro atoms. The van der Waals surface area contributed by atoms with Crippen LogP contribution in [0.25, 0.3) is 0 Å².